The minimum absolute atomic E-state index is 0.474. The lowest BCUT2D eigenvalue weighted by molar-refractivity contribution is 0.00578. The van der Waals surface area contributed by atoms with E-state index in [-0.39, 0.29) is 0 Å². The highest BCUT2D eigenvalue weighted by atomic mass is 16.7. The monoisotopic (exact) mass is 609 g/mol. The molecule has 0 atom stereocenters. The number of fused-ring (bicyclic) bond motifs is 11. The topological polar surface area (TPSA) is 36.5 Å². The van der Waals surface area contributed by atoms with Crippen LogP contribution in [0.2, 0.25) is 0 Å². The second-order valence-electron chi connectivity index (χ2n) is 14.0. The minimum Gasteiger partial charge on any atom is -0.456 e. The Morgan fingerprint density at radius 1 is 0.511 bits per heavy atom. The number of rotatable bonds is 2. The molecule has 2 aromatic heterocycles. The number of aromatic nitrogens is 1. The standard InChI is InChI=1S/C42H32BNO3/c1-41(2)42(3,4)47-43(46-41)32-19-22-35(39-31-23-27-13-5-6-14-28(27)24-36(31)45-40(32)39)44-33-20-17-25-11-7-9-15-29(25)37(33)38-30-16-10-8-12-26(30)18-21-34(38)44/h5-24H,1-4H3. The summed E-state index contributed by atoms with van der Waals surface area (Å²) in [6.07, 6.45) is 0. The Kier molecular flexibility index (Phi) is 5.33. The molecule has 1 aliphatic heterocycles. The fraction of sp³-hybridized carbons (Fsp3) is 0.143. The Labute approximate surface area is 272 Å². The first-order chi connectivity index (χ1) is 22.8. The molecule has 9 aromatic rings. The first kappa shape index (κ1) is 27.1. The summed E-state index contributed by atoms with van der Waals surface area (Å²) in [6, 6.07) is 43.7. The summed E-state index contributed by atoms with van der Waals surface area (Å²) in [6.45, 7) is 8.38. The first-order valence-corrected chi connectivity index (χ1v) is 16.4. The average Bonchev–Trinajstić information content (AvgIpc) is 3.69. The third kappa shape index (κ3) is 3.67. The van der Waals surface area contributed by atoms with Crippen LogP contribution in [0.15, 0.2) is 126 Å². The molecular weight excluding hydrogens is 577 g/mol. The molecule has 3 heterocycles. The van der Waals surface area contributed by atoms with Crippen LogP contribution in [0.4, 0.5) is 0 Å². The molecule has 10 rings (SSSR count). The van der Waals surface area contributed by atoms with Gasteiger partial charge >= 0.3 is 7.12 Å². The molecule has 1 aliphatic rings. The van der Waals surface area contributed by atoms with Crippen molar-refractivity contribution in [2.75, 3.05) is 0 Å². The maximum atomic E-state index is 6.87. The van der Waals surface area contributed by atoms with Gasteiger partial charge in [-0.1, -0.05) is 91.0 Å². The summed E-state index contributed by atoms with van der Waals surface area (Å²) < 4.78 is 22.5. The molecule has 0 unspecified atom stereocenters. The molecule has 1 fully saturated rings. The molecular formula is C42H32BNO3. The van der Waals surface area contributed by atoms with Gasteiger partial charge in [0.05, 0.1) is 33.3 Å². The molecule has 0 spiro atoms. The van der Waals surface area contributed by atoms with Gasteiger partial charge in [0.1, 0.15) is 11.2 Å². The normalized spacial score (nSPS) is 16.2. The predicted octanol–water partition coefficient (Wildman–Crippen LogP) is 10.4. The van der Waals surface area contributed by atoms with Crippen LogP contribution in [0, 0.1) is 0 Å². The van der Waals surface area contributed by atoms with E-state index in [1.54, 1.807) is 0 Å². The molecule has 0 bridgehead atoms. The van der Waals surface area contributed by atoms with Crippen molar-refractivity contribution in [2.45, 2.75) is 38.9 Å². The van der Waals surface area contributed by atoms with E-state index in [9.17, 15) is 0 Å². The molecule has 47 heavy (non-hydrogen) atoms. The molecule has 0 aliphatic carbocycles. The van der Waals surface area contributed by atoms with E-state index in [0.29, 0.717) is 0 Å². The van der Waals surface area contributed by atoms with Crippen LogP contribution in [0.25, 0.3) is 81.7 Å². The van der Waals surface area contributed by atoms with Crippen molar-refractivity contribution in [1.82, 2.24) is 4.57 Å². The van der Waals surface area contributed by atoms with E-state index in [4.69, 9.17) is 13.7 Å². The van der Waals surface area contributed by atoms with Gasteiger partial charge in [0.15, 0.2) is 0 Å². The summed E-state index contributed by atoms with van der Waals surface area (Å²) in [5.41, 5.74) is 4.99. The van der Waals surface area contributed by atoms with Crippen LogP contribution < -0.4 is 5.46 Å². The van der Waals surface area contributed by atoms with E-state index < -0.39 is 18.3 Å². The fourth-order valence-electron chi connectivity index (χ4n) is 7.72. The summed E-state index contributed by atoms with van der Waals surface area (Å²) >= 11 is 0. The lowest BCUT2D eigenvalue weighted by Gasteiger charge is -2.32. The van der Waals surface area contributed by atoms with E-state index >= 15 is 0 Å². The molecule has 0 radical (unpaired) electrons. The lowest BCUT2D eigenvalue weighted by Crippen LogP contribution is -2.41. The quantitative estimate of drug-likeness (QED) is 0.183. The van der Waals surface area contributed by atoms with Crippen molar-refractivity contribution in [3.05, 3.63) is 121 Å². The van der Waals surface area contributed by atoms with E-state index in [1.807, 2.05) is 0 Å². The fourth-order valence-corrected chi connectivity index (χ4v) is 7.72. The summed E-state index contributed by atoms with van der Waals surface area (Å²) in [7, 11) is -0.558. The van der Waals surface area contributed by atoms with E-state index in [0.717, 1.165) is 49.5 Å². The van der Waals surface area contributed by atoms with Crippen LogP contribution in [0.5, 0.6) is 0 Å². The van der Waals surface area contributed by atoms with Crippen molar-refractivity contribution in [3.8, 4) is 5.69 Å². The van der Waals surface area contributed by atoms with E-state index in [2.05, 4.69) is 154 Å². The zero-order chi connectivity index (χ0) is 31.7. The number of hydrogen-bond donors (Lipinski definition) is 0. The predicted molar refractivity (Wildman–Crippen MR) is 196 cm³/mol. The lowest BCUT2D eigenvalue weighted by atomic mass is 9.77. The van der Waals surface area contributed by atoms with Crippen molar-refractivity contribution in [1.29, 1.82) is 0 Å². The van der Waals surface area contributed by atoms with Gasteiger partial charge in [-0.2, -0.15) is 0 Å². The highest BCUT2D eigenvalue weighted by molar-refractivity contribution is 6.65. The second kappa shape index (κ2) is 9.25. The Hall–Kier alpha value is -5.10. The smallest absolute Gasteiger partial charge is 0.456 e. The molecule has 4 nitrogen and oxygen atoms in total. The molecule has 0 N–H and O–H groups in total. The number of hydrogen-bond acceptors (Lipinski definition) is 3. The second-order valence-corrected chi connectivity index (χ2v) is 14.0. The third-order valence-electron chi connectivity index (χ3n) is 10.8. The number of furan rings is 1. The van der Waals surface area contributed by atoms with Gasteiger partial charge in [0, 0.05) is 21.6 Å². The number of benzene rings is 7. The zero-order valence-corrected chi connectivity index (χ0v) is 26.8. The van der Waals surface area contributed by atoms with Crippen LogP contribution in [0.3, 0.4) is 0 Å². The summed E-state index contributed by atoms with van der Waals surface area (Å²) in [4.78, 5) is 0. The highest BCUT2D eigenvalue weighted by Gasteiger charge is 2.52. The van der Waals surface area contributed by atoms with Gasteiger partial charge in [-0.05, 0) is 90.3 Å². The van der Waals surface area contributed by atoms with Gasteiger partial charge in [0.2, 0.25) is 0 Å². The van der Waals surface area contributed by atoms with Crippen LogP contribution in [-0.4, -0.2) is 22.9 Å². The minimum atomic E-state index is -0.558. The largest absolute Gasteiger partial charge is 0.498 e. The van der Waals surface area contributed by atoms with Crippen LogP contribution in [0.1, 0.15) is 27.7 Å². The average molecular weight is 610 g/mol. The Balaban J connectivity index is 1.38. The third-order valence-corrected chi connectivity index (χ3v) is 10.8. The molecule has 226 valence electrons. The van der Waals surface area contributed by atoms with E-state index in [1.165, 1.54) is 37.7 Å². The number of nitrogens with zero attached hydrogens (tertiary/aromatic N) is 1. The maximum Gasteiger partial charge on any atom is 0.498 e. The summed E-state index contributed by atoms with van der Waals surface area (Å²) in [5.74, 6) is 0. The van der Waals surface area contributed by atoms with Crippen molar-refractivity contribution >= 4 is 88.6 Å². The SMILES string of the molecule is CC1(C)OB(c2ccc(-n3c4ccc5ccccc5c4c4c5ccccc5ccc43)c3c2oc2cc4ccccc4cc23)OC1(C)C. The first-order valence-electron chi connectivity index (χ1n) is 16.4. The zero-order valence-electron chi connectivity index (χ0n) is 26.8. The molecule has 1 saturated heterocycles. The van der Waals surface area contributed by atoms with Gasteiger partial charge in [-0.3, -0.25) is 0 Å². The summed E-state index contributed by atoms with van der Waals surface area (Å²) in [5, 5.41) is 11.9. The maximum absolute atomic E-state index is 6.87. The van der Waals surface area contributed by atoms with Crippen molar-refractivity contribution in [3.63, 3.8) is 0 Å². The molecule has 0 saturated carbocycles. The van der Waals surface area contributed by atoms with Crippen molar-refractivity contribution < 1.29 is 13.7 Å². The van der Waals surface area contributed by atoms with Crippen molar-refractivity contribution in [2.24, 2.45) is 0 Å². The Morgan fingerprint density at radius 2 is 1.04 bits per heavy atom. The van der Waals surface area contributed by atoms with Gasteiger partial charge in [-0.15, -0.1) is 0 Å². The Morgan fingerprint density at radius 3 is 1.64 bits per heavy atom. The highest BCUT2D eigenvalue weighted by Crippen LogP contribution is 2.44. The van der Waals surface area contributed by atoms with Gasteiger partial charge in [0.25, 0.3) is 0 Å². The molecule has 7 aromatic carbocycles. The van der Waals surface area contributed by atoms with Gasteiger partial charge in [-0.25, -0.2) is 0 Å². The van der Waals surface area contributed by atoms with Crippen LogP contribution in [-0.2, 0) is 9.31 Å². The molecule has 5 heteroatoms. The van der Waals surface area contributed by atoms with Gasteiger partial charge < -0.3 is 18.3 Å². The molecule has 0 amide bonds. The van der Waals surface area contributed by atoms with Crippen LogP contribution >= 0.6 is 0 Å². The Bertz CT molecular complexity index is 2660.